The zero-order chi connectivity index (χ0) is 22.2. The second-order valence-corrected chi connectivity index (χ2v) is 8.15. The number of hydrogen-bond acceptors (Lipinski definition) is 5. The summed E-state index contributed by atoms with van der Waals surface area (Å²) in [5.41, 5.74) is 1.32. The van der Waals surface area contributed by atoms with E-state index in [4.69, 9.17) is 9.47 Å². The number of nitrogens with one attached hydrogen (secondary N) is 1. The number of likely N-dealkylation sites (tertiary alicyclic amines) is 1. The van der Waals surface area contributed by atoms with Gasteiger partial charge < -0.3 is 23.9 Å². The number of carbonyl (C=O) groups excluding carboxylic acids is 1. The molecule has 0 aliphatic carbocycles. The van der Waals surface area contributed by atoms with E-state index in [1.54, 1.807) is 18.2 Å². The lowest BCUT2D eigenvalue weighted by atomic mass is 10.0. The molecular weight excluding hydrogens is 410 g/mol. The summed E-state index contributed by atoms with van der Waals surface area (Å²) in [5.74, 6) is 1.36. The van der Waals surface area contributed by atoms with Crippen molar-refractivity contribution < 1.29 is 14.3 Å². The molecule has 166 valence electrons. The van der Waals surface area contributed by atoms with Gasteiger partial charge in [-0.15, -0.1) is 0 Å². The molecule has 1 aromatic heterocycles. The van der Waals surface area contributed by atoms with E-state index in [0.29, 0.717) is 42.9 Å². The summed E-state index contributed by atoms with van der Waals surface area (Å²) in [6.45, 7) is 4.09. The number of benzene rings is 2. The molecule has 2 aromatic carbocycles. The molecule has 3 heterocycles. The Bertz CT molecular complexity index is 1310. The van der Waals surface area contributed by atoms with Crippen LogP contribution in [0.2, 0.25) is 0 Å². The predicted molar refractivity (Wildman–Crippen MR) is 120 cm³/mol. The van der Waals surface area contributed by atoms with Gasteiger partial charge in [-0.2, -0.15) is 0 Å². The lowest BCUT2D eigenvalue weighted by molar-refractivity contribution is 0.0735. The van der Waals surface area contributed by atoms with Gasteiger partial charge in [-0.05, 0) is 55.7 Å². The first-order valence-corrected chi connectivity index (χ1v) is 11.0. The molecule has 0 saturated carbocycles. The van der Waals surface area contributed by atoms with E-state index in [1.165, 1.54) is 4.57 Å². The highest BCUT2D eigenvalue weighted by atomic mass is 16.5. The molecule has 1 amide bonds. The van der Waals surface area contributed by atoms with E-state index in [1.807, 2.05) is 30.0 Å². The number of fused-ring (bicyclic) bond motifs is 2. The third kappa shape index (κ3) is 3.45. The molecule has 5 rings (SSSR count). The van der Waals surface area contributed by atoms with E-state index in [-0.39, 0.29) is 11.9 Å². The Kier molecular flexibility index (Phi) is 5.20. The molecule has 3 aromatic rings. The van der Waals surface area contributed by atoms with Gasteiger partial charge in [-0.25, -0.2) is 0 Å². The zero-order valence-electron chi connectivity index (χ0n) is 17.9. The fourth-order valence-corrected chi connectivity index (χ4v) is 4.64. The van der Waals surface area contributed by atoms with Crippen molar-refractivity contribution in [1.82, 2.24) is 14.5 Å². The minimum Gasteiger partial charge on any atom is -0.490 e. The number of hydrogen-bond donors (Lipinski definition) is 1. The largest absolute Gasteiger partial charge is 0.490 e. The van der Waals surface area contributed by atoms with Crippen molar-refractivity contribution in [3.63, 3.8) is 0 Å². The molecular formula is C24H25N3O5. The Morgan fingerprint density at radius 2 is 1.88 bits per heavy atom. The van der Waals surface area contributed by atoms with Crippen molar-refractivity contribution in [2.45, 2.75) is 38.8 Å². The number of carbonyl (C=O) groups is 1. The highest BCUT2D eigenvalue weighted by molar-refractivity contribution is 5.97. The molecule has 32 heavy (non-hydrogen) atoms. The summed E-state index contributed by atoms with van der Waals surface area (Å²) in [6, 6.07) is 10.9. The van der Waals surface area contributed by atoms with E-state index in [2.05, 4.69) is 4.98 Å². The molecule has 1 fully saturated rings. The van der Waals surface area contributed by atoms with Crippen LogP contribution in [0.3, 0.4) is 0 Å². The SMILES string of the molecule is CCn1c(=O)c(=O)[nH]c2cc(C(=O)N3CCC[C@@H]3c3ccc4c(c3)OCCCO4)ccc21. The second-order valence-electron chi connectivity index (χ2n) is 8.15. The lowest BCUT2D eigenvalue weighted by Crippen LogP contribution is -2.36. The Labute approximate surface area is 184 Å². The molecule has 1 saturated heterocycles. The molecule has 0 unspecified atom stereocenters. The fraction of sp³-hybridized carbons (Fsp3) is 0.375. The molecule has 8 heteroatoms. The van der Waals surface area contributed by atoms with E-state index in [0.717, 1.165) is 36.3 Å². The fourth-order valence-electron chi connectivity index (χ4n) is 4.64. The number of nitrogens with zero attached hydrogens (tertiary/aromatic N) is 2. The number of H-pyrrole nitrogens is 1. The Balaban J connectivity index is 1.48. The molecule has 0 radical (unpaired) electrons. The van der Waals surface area contributed by atoms with Gasteiger partial charge in [0.25, 0.3) is 5.91 Å². The van der Waals surface area contributed by atoms with Crippen LogP contribution in [0.15, 0.2) is 46.0 Å². The van der Waals surface area contributed by atoms with Crippen LogP contribution >= 0.6 is 0 Å². The first-order chi connectivity index (χ1) is 15.6. The van der Waals surface area contributed by atoms with E-state index < -0.39 is 11.1 Å². The molecule has 1 N–H and O–H groups in total. The van der Waals surface area contributed by atoms with Crippen molar-refractivity contribution in [3.8, 4) is 11.5 Å². The number of aromatic amines is 1. The average Bonchev–Trinajstić information content (AvgIpc) is 3.17. The number of amides is 1. The van der Waals surface area contributed by atoms with Crippen LogP contribution in [0.25, 0.3) is 11.0 Å². The monoisotopic (exact) mass is 435 g/mol. The van der Waals surface area contributed by atoms with Gasteiger partial charge in [-0.1, -0.05) is 6.07 Å². The van der Waals surface area contributed by atoms with E-state index >= 15 is 0 Å². The van der Waals surface area contributed by atoms with Gasteiger partial charge in [0.15, 0.2) is 11.5 Å². The zero-order valence-corrected chi connectivity index (χ0v) is 17.9. The number of aryl methyl sites for hydroxylation is 1. The summed E-state index contributed by atoms with van der Waals surface area (Å²) in [4.78, 5) is 42.0. The minimum absolute atomic E-state index is 0.0565. The maximum absolute atomic E-state index is 13.4. The highest BCUT2D eigenvalue weighted by Crippen LogP contribution is 2.38. The van der Waals surface area contributed by atoms with Gasteiger partial charge in [0.1, 0.15) is 0 Å². The van der Waals surface area contributed by atoms with Crippen LogP contribution in [0.1, 0.15) is 48.1 Å². The van der Waals surface area contributed by atoms with Crippen LogP contribution in [0.5, 0.6) is 11.5 Å². The normalized spacial score (nSPS) is 18.0. The Hall–Kier alpha value is -3.55. The molecule has 2 aliphatic heterocycles. The van der Waals surface area contributed by atoms with Crippen molar-refractivity contribution in [1.29, 1.82) is 0 Å². The number of aromatic nitrogens is 2. The topological polar surface area (TPSA) is 93.6 Å². The predicted octanol–water partition coefficient (Wildman–Crippen LogP) is 2.85. The summed E-state index contributed by atoms with van der Waals surface area (Å²) in [6.07, 6.45) is 2.61. The number of rotatable bonds is 3. The molecule has 2 aliphatic rings. The second kappa shape index (κ2) is 8.18. The molecule has 0 spiro atoms. The molecule has 8 nitrogen and oxygen atoms in total. The van der Waals surface area contributed by atoms with Crippen LogP contribution in [0.4, 0.5) is 0 Å². The molecule has 1 atom stereocenters. The van der Waals surface area contributed by atoms with Crippen LogP contribution < -0.4 is 20.6 Å². The quantitative estimate of drug-likeness (QED) is 0.639. The Morgan fingerprint density at radius 1 is 1.06 bits per heavy atom. The van der Waals surface area contributed by atoms with Gasteiger partial charge in [0, 0.05) is 25.1 Å². The standard InChI is InChI=1S/C24H25N3O5/c1-2-26-19-8-6-16(13-17(19)25-22(28)24(26)30)23(29)27-10-3-5-18(27)15-7-9-20-21(14-15)32-12-4-11-31-20/h6-9,13-14,18H,2-5,10-12H2,1H3,(H,25,28)/t18-/m1/s1. The summed E-state index contributed by atoms with van der Waals surface area (Å²) >= 11 is 0. The highest BCUT2D eigenvalue weighted by Gasteiger charge is 2.31. The van der Waals surface area contributed by atoms with Crippen molar-refractivity contribution in [3.05, 3.63) is 68.2 Å². The van der Waals surface area contributed by atoms with Gasteiger partial charge in [-0.3, -0.25) is 14.4 Å². The summed E-state index contributed by atoms with van der Waals surface area (Å²) < 4.78 is 13.0. The summed E-state index contributed by atoms with van der Waals surface area (Å²) in [5, 5.41) is 0. The average molecular weight is 435 g/mol. The van der Waals surface area contributed by atoms with Crippen molar-refractivity contribution in [2.24, 2.45) is 0 Å². The minimum atomic E-state index is -0.685. The van der Waals surface area contributed by atoms with Crippen LogP contribution in [-0.2, 0) is 6.54 Å². The van der Waals surface area contributed by atoms with Gasteiger partial charge >= 0.3 is 11.1 Å². The van der Waals surface area contributed by atoms with Gasteiger partial charge in [0.2, 0.25) is 0 Å². The maximum atomic E-state index is 13.4. The smallest absolute Gasteiger partial charge is 0.316 e. The third-order valence-corrected chi connectivity index (χ3v) is 6.21. The van der Waals surface area contributed by atoms with Crippen LogP contribution in [-0.4, -0.2) is 40.1 Å². The van der Waals surface area contributed by atoms with Gasteiger partial charge in [0.05, 0.1) is 30.3 Å². The van der Waals surface area contributed by atoms with E-state index in [9.17, 15) is 14.4 Å². The van der Waals surface area contributed by atoms with Crippen molar-refractivity contribution >= 4 is 16.9 Å². The maximum Gasteiger partial charge on any atom is 0.316 e. The lowest BCUT2D eigenvalue weighted by Gasteiger charge is -2.26. The molecule has 0 bridgehead atoms. The first-order valence-electron chi connectivity index (χ1n) is 11.0. The third-order valence-electron chi connectivity index (χ3n) is 6.21. The number of ether oxygens (including phenoxy) is 2. The Morgan fingerprint density at radius 3 is 2.69 bits per heavy atom. The summed E-state index contributed by atoms with van der Waals surface area (Å²) in [7, 11) is 0. The van der Waals surface area contributed by atoms with Crippen molar-refractivity contribution in [2.75, 3.05) is 19.8 Å². The van der Waals surface area contributed by atoms with Crippen LogP contribution in [0, 0.1) is 0 Å². The first kappa shape index (κ1) is 20.4.